The van der Waals surface area contributed by atoms with Crippen LogP contribution in [0.15, 0.2) is 48.5 Å². The molecule has 0 radical (unpaired) electrons. The van der Waals surface area contributed by atoms with Gasteiger partial charge in [0.1, 0.15) is 13.1 Å². The Kier molecular flexibility index (Phi) is 13.4. The highest BCUT2D eigenvalue weighted by Gasteiger charge is 2.07. The lowest BCUT2D eigenvalue weighted by molar-refractivity contribution is -0.884. The fourth-order valence-electron chi connectivity index (χ4n) is 2.48. The summed E-state index contributed by atoms with van der Waals surface area (Å²) in [6.45, 7) is 6.44. The molecule has 0 aliphatic rings. The number of hydrogen-bond acceptors (Lipinski definition) is 2. The van der Waals surface area contributed by atoms with Gasteiger partial charge in [0.05, 0.1) is 48.5 Å². The van der Waals surface area contributed by atoms with Gasteiger partial charge in [-0.15, -0.1) is 0 Å². The maximum atomic E-state index is 9.19. The number of aryl methyl sites for hydroxylation is 2. The third kappa shape index (κ3) is 21.3. The third-order valence-electron chi connectivity index (χ3n) is 3.56. The normalized spacial score (nSPS) is 11.3. The van der Waals surface area contributed by atoms with Crippen molar-refractivity contribution in [2.45, 2.75) is 26.9 Å². The van der Waals surface area contributed by atoms with Crippen LogP contribution in [0.3, 0.4) is 0 Å². The van der Waals surface area contributed by atoms with Crippen molar-refractivity contribution in [2.75, 3.05) is 48.5 Å². The molecule has 0 bridgehead atoms. The first kappa shape index (κ1) is 30.8. The number of nitrogens with zero attached hydrogens (tertiary/aromatic N) is 2. The van der Waals surface area contributed by atoms with Crippen LogP contribution in [0, 0.1) is 13.8 Å². The van der Waals surface area contributed by atoms with Crippen molar-refractivity contribution in [3.8, 4) is 0 Å². The standard InChI is InChI=1S/2C11H18N.CH4O3S.ClH/c2*1-10-5-7-11(8-6-10)9-12(2,3)4;1-5(2,3)4;/h2*5-8H,9H2,1-4H3;1H3,(H,2,3,4);1H/q2*+1;;/p-1. The Bertz CT molecular complexity index is 755. The SMILES string of the molecule is CS(=O)(=O)O.Cc1ccc(C[N+](C)(C)C)cc1.Cc1ccc(C[N+](C)(C)C)cc1.[Cl-]. The number of rotatable bonds is 4. The lowest BCUT2D eigenvalue weighted by Gasteiger charge is -2.23. The number of hydrogen-bond donors (Lipinski definition) is 1. The smallest absolute Gasteiger partial charge is 0.261 e. The summed E-state index contributed by atoms with van der Waals surface area (Å²) in [6, 6.07) is 17.5. The zero-order valence-corrected chi connectivity index (χ0v) is 21.5. The molecule has 0 aromatic heterocycles. The van der Waals surface area contributed by atoms with E-state index in [1.807, 2.05) is 0 Å². The monoisotopic (exact) mass is 459 g/mol. The van der Waals surface area contributed by atoms with Crippen molar-refractivity contribution >= 4 is 10.1 Å². The Labute approximate surface area is 190 Å². The van der Waals surface area contributed by atoms with Crippen LogP contribution in [-0.4, -0.2) is 70.5 Å². The second kappa shape index (κ2) is 13.1. The summed E-state index contributed by atoms with van der Waals surface area (Å²) < 4.78 is 27.8. The molecule has 0 saturated carbocycles. The molecule has 0 aliphatic heterocycles. The van der Waals surface area contributed by atoms with Crippen LogP contribution in [0.4, 0.5) is 0 Å². The van der Waals surface area contributed by atoms with E-state index >= 15 is 0 Å². The minimum atomic E-state index is -3.67. The van der Waals surface area contributed by atoms with Gasteiger partial charge in [-0.1, -0.05) is 59.7 Å². The summed E-state index contributed by atoms with van der Waals surface area (Å²) in [4.78, 5) is 0. The molecule has 0 amide bonds. The molecular formula is C23H40ClN2O3S+. The molecular weight excluding hydrogens is 420 g/mol. The Balaban J connectivity index is 0. The first-order valence-electron chi connectivity index (χ1n) is 9.59. The van der Waals surface area contributed by atoms with Gasteiger partial charge in [-0.3, -0.25) is 4.55 Å². The quantitative estimate of drug-likeness (QED) is 0.546. The molecule has 0 saturated heterocycles. The van der Waals surface area contributed by atoms with Gasteiger partial charge in [0, 0.05) is 11.1 Å². The van der Waals surface area contributed by atoms with Gasteiger partial charge in [-0.05, 0) is 13.8 Å². The maximum Gasteiger partial charge on any atom is 0.261 e. The highest BCUT2D eigenvalue weighted by atomic mass is 35.5. The van der Waals surface area contributed by atoms with E-state index in [4.69, 9.17) is 4.55 Å². The lowest BCUT2D eigenvalue weighted by atomic mass is 10.1. The number of halogens is 1. The molecule has 2 rings (SSSR count). The van der Waals surface area contributed by atoms with Crippen molar-refractivity contribution in [1.82, 2.24) is 0 Å². The average Bonchev–Trinajstić information content (AvgIpc) is 2.48. The third-order valence-corrected chi connectivity index (χ3v) is 3.56. The molecule has 2 aromatic carbocycles. The molecule has 0 aliphatic carbocycles. The van der Waals surface area contributed by atoms with E-state index in [2.05, 4.69) is 105 Å². The molecule has 2 aromatic rings. The summed E-state index contributed by atoms with van der Waals surface area (Å²) in [5, 5.41) is 0. The van der Waals surface area contributed by atoms with Crippen LogP contribution in [0.1, 0.15) is 22.3 Å². The lowest BCUT2D eigenvalue weighted by Crippen LogP contribution is -3.00. The average molecular weight is 460 g/mol. The van der Waals surface area contributed by atoms with Crippen LogP contribution < -0.4 is 12.4 Å². The van der Waals surface area contributed by atoms with E-state index < -0.39 is 10.1 Å². The van der Waals surface area contributed by atoms with Gasteiger partial charge < -0.3 is 21.4 Å². The van der Waals surface area contributed by atoms with Crippen LogP contribution in [0.25, 0.3) is 0 Å². The van der Waals surface area contributed by atoms with E-state index in [-0.39, 0.29) is 12.4 Å². The largest absolute Gasteiger partial charge is 1.00 e. The first-order chi connectivity index (χ1) is 12.9. The van der Waals surface area contributed by atoms with E-state index in [1.54, 1.807) is 0 Å². The second-order valence-corrected chi connectivity index (χ2v) is 11.1. The first-order valence-corrected chi connectivity index (χ1v) is 11.4. The number of quaternary nitrogens is 2. The van der Waals surface area contributed by atoms with E-state index in [1.165, 1.54) is 22.3 Å². The molecule has 0 unspecified atom stereocenters. The Hall–Kier alpha value is -1.44. The molecule has 30 heavy (non-hydrogen) atoms. The molecule has 1 N–H and O–H groups in total. The molecule has 5 nitrogen and oxygen atoms in total. The second-order valence-electron chi connectivity index (χ2n) is 9.60. The molecule has 172 valence electrons. The van der Waals surface area contributed by atoms with Crippen molar-refractivity contribution in [3.63, 3.8) is 0 Å². The van der Waals surface area contributed by atoms with Gasteiger partial charge in [0.25, 0.3) is 10.1 Å². The van der Waals surface area contributed by atoms with Crippen molar-refractivity contribution in [1.29, 1.82) is 0 Å². The highest BCUT2D eigenvalue weighted by molar-refractivity contribution is 7.85. The number of benzene rings is 2. The fraction of sp³-hybridized carbons (Fsp3) is 0.478. The molecule has 0 fully saturated rings. The molecule has 0 heterocycles. The molecule has 0 spiro atoms. The van der Waals surface area contributed by atoms with Crippen LogP contribution >= 0.6 is 0 Å². The molecule has 7 heteroatoms. The predicted octanol–water partition coefficient (Wildman–Crippen LogP) is 0.910. The summed E-state index contributed by atoms with van der Waals surface area (Å²) in [5.74, 6) is 0. The van der Waals surface area contributed by atoms with Crippen molar-refractivity contribution in [3.05, 3.63) is 70.8 Å². The van der Waals surface area contributed by atoms with Crippen LogP contribution in [0.2, 0.25) is 0 Å². The van der Waals surface area contributed by atoms with Crippen LogP contribution in [0.5, 0.6) is 0 Å². The van der Waals surface area contributed by atoms with Crippen LogP contribution in [-0.2, 0) is 23.2 Å². The summed E-state index contributed by atoms with van der Waals surface area (Å²) in [6.07, 6.45) is 0.715. The van der Waals surface area contributed by atoms with Gasteiger partial charge in [0.15, 0.2) is 0 Å². The topological polar surface area (TPSA) is 54.4 Å². The van der Waals surface area contributed by atoms with Gasteiger partial charge in [-0.25, -0.2) is 0 Å². The zero-order chi connectivity index (χ0) is 22.9. The minimum Gasteiger partial charge on any atom is -1.00 e. The summed E-state index contributed by atoms with van der Waals surface area (Å²) >= 11 is 0. The fourth-order valence-corrected chi connectivity index (χ4v) is 2.48. The van der Waals surface area contributed by atoms with Crippen molar-refractivity contribution in [2.24, 2.45) is 0 Å². The van der Waals surface area contributed by atoms with E-state index in [0.717, 1.165) is 22.1 Å². The van der Waals surface area contributed by atoms with E-state index in [0.29, 0.717) is 6.26 Å². The van der Waals surface area contributed by atoms with Gasteiger partial charge in [0.2, 0.25) is 0 Å². The zero-order valence-electron chi connectivity index (χ0n) is 20.0. The molecule has 0 atom stereocenters. The Morgan fingerprint density at radius 1 is 0.667 bits per heavy atom. The van der Waals surface area contributed by atoms with Crippen molar-refractivity contribution < 1.29 is 34.3 Å². The maximum absolute atomic E-state index is 9.19. The van der Waals surface area contributed by atoms with Gasteiger partial charge >= 0.3 is 0 Å². The summed E-state index contributed by atoms with van der Waals surface area (Å²) in [5.41, 5.74) is 5.49. The highest BCUT2D eigenvalue weighted by Crippen LogP contribution is 2.08. The van der Waals surface area contributed by atoms with Gasteiger partial charge in [-0.2, -0.15) is 8.42 Å². The van der Waals surface area contributed by atoms with E-state index in [9.17, 15) is 8.42 Å². The summed E-state index contributed by atoms with van der Waals surface area (Å²) in [7, 11) is 9.58. The minimum absolute atomic E-state index is 0. The predicted molar refractivity (Wildman–Crippen MR) is 123 cm³/mol. The Morgan fingerprint density at radius 3 is 1.03 bits per heavy atom. The Morgan fingerprint density at radius 2 is 0.867 bits per heavy atom.